The van der Waals surface area contributed by atoms with Crippen LogP contribution in [0.15, 0.2) is 78.9 Å². The van der Waals surface area contributed by atoms with Gasteiger partial charge in [-0.2, -0.15) is 0 Å². The molecule has 0 fully saturated rings. The van der Waals surface area contributed by atoms with Crippen LogP contribution in [0.1, 0.15) is 29.8 Å². The summed E-state index contributed by atoms with van der Waals surface area (Å²) in [5, 5.41) is 10.8. The highest BCUT2D eigenvalue weighted by atomic mass is 16.6. The number of hydrogen-bond donors (Lipinski definition) is 0. The second-order valence-corrected chi connectivity index (χ2v) is 6.15. The van der Waals surface area contributed by atoms with E-state index in [1.807, 2.05) is 54.6 Å². The quantitative estimate of drug-likeness (QED) is 0.478. The first-order valence-electron chi connectivity index (χ1n) is 8.42. The Hall–Kier alpha value is -3.34. The van der Waals surface area contributed by atoms with E-state index < -0.39 is 4.92 Å². The maximum absolute atomic E-state index is 10.8. The van der Waals surface area contributed by atoms with Crippen LogP contribution >= 0.6 is 0 Å². The maximum atomic E-state index is 10.8. The highest BCUT2D eigenvalue weighted by Gasteiger charge is 2.30. The number of hydrogen-bond acceptors (Lipinski definition) is 4. The number of nitrogens with zero attached hydrogens (tertiary/aromatic N) is 1. The van der Waals surface area contributed by atoms with Gasteiger partial charge in [-0.05, 0) is 23.8 Å². The van der Waals surface area contributed by atoms with E-state index in [0.29, 0.717) is 12.2 Å². The Morgan fingerprint density at radius 1 is 0.923 bits per heavy atom. The number of rotatable bonds is 4. The van der Waals surface area contributed by atoms with Gasteiger partial charge in [0, 0.05) is 24.1 Å². The molecule has 5 nitrogen and oxygen atoms in total. The molecule has 2 unspecified atom stereocenters. The largest absolute Gasteiger partial charge is 0.485 e. The molecule has 0 spiro atoms. The van der Waals surface area contributed by atoms with Crippen molar-refractivity contribution in [3.8, 4) is 11.5 Å². The van der Waals surface area contributed by atoms with Gasteiger partial charge in [0.2, 0.25) is 0 Å². The molecular weight excluding hydrogens is 330 g/mol. The van der Waals surface area contributed by atoms with Crippen molar-refractivity contribution in [3.05, 3.63) is 100 Å². The molecular formula is C21H17NO4. The van der Waals surface area contributed by atoms with Gasteiger partial charge in [-0.3, -0.25) is 10.1 Å². The highest BCUT2D eigenvalue weighted by Crippen LogP contribution is 2.42. The van der Waals surface area contributed by atoms with Crippen LogP contribution < -0.4 is 9.47 Å². The molecule has 0 saturated carbocycles. The third kappa shape index (κ3) is 3.24. The lowest BCUT2D eigenvalue weighted by molar-refractivity contribution is -0.384. The number of benzene rings is 3. The zero-order valence-electron chi connectivity index (χ0n) is 13.9. The molecule has 1 heterocycles. The summed E-state index contributed by atoms with van der Waals surface area (Å²) in [7, 11) is 0. The van der Waals surface area contributed by atoms with Gasteiger partial charge < -0.3 is 9.47 Å². The van der Waals surface area contributed by atoms with Crippen LogP contribution in [0, 0.1) is 10.1 Å². The number of nitro benzene ring substituents is 1. The Bertz CT molecular complexity index is 909. The van der Waals surface area contributed by atoms with E-state index in [4.69, 9.17) is 9.47 Å². The lowest BCUT2D eigenvalue weighted by atomic mass is 9.95. The van der Waals surface area contributed by atoms with Crippen molar-refractivity contribution >= 4 is 5.69 Å². The average molecular weight is 347 g/mol. The Balaban J connectivity index is 1.62. The van der Waals surface area contributed by atoms with Gasteiger partial charge in [-0.25, -0.2) is 0 Å². The van der Waals surface area contributed by atoms with Gasteiger partial charge in [0.15, 0.2) is 0 Å². The third-order valence-corrected chi connectivity index (χ3v) is 4.46. The standard InChI is InChI=1S/C21H17NO4/c23-22(24)16-10-12-17(13-11-16)25-21-14-20(15-6-2-1-3-7-15)26-19-9-5-4-8-18(19)21/h1-13,20-21H,14H2. The van der Waals surface area contributed by atoms with E-state index in [1.54, 1.807) is 12.1 Å². The minimum absolute atomic E-state index is 0.0480. The Labute approximate surface area is 151 Å². The van der Waals surface area contributed by atoms with Crippen LogP contribution in [0.3, 0.4) is 0 Å². The number of para-hydroxylation sites is 1. The van der Waals surface area contributed by atoms with E-state index >= 15 is 0 Å². The molecule has 0 aliphatic carbocycles. The first-order valence-corrected chi connectivity index (χ1v) is 8.42. The van der Waals surface area contributed by atoms with Crippen LogP contribution in [0.25, 0.3) is 0 Å². The molecule has 0 bridgehead atoms. The third-order valence-electron chi connectivity index (χ3n) is 4.46. The summed E-state index contributed by atoms with van der Waals surface area (Å²) in [6.07, 6.45) is 0.374. The van der Waals surface area contributed by atoms with Gasteiger partial charge in [0.05, 0.1) is 4.92 Å². The van der Waals surface area contributed by atoms with Gasteiger partial charge in [0.25, 0.3) is 5.69 Å². The van der Waals surface area contributed by atoms with E-state index in [1.165, 1.54) is 12.1 Å². The lowest BCUT2D eigenvalue weighted by Crippen LogP contribution is -2.22. The van der Waals surface area contributed by atoms with Gasteiger partial charge in [-0.15, -0.1) is 0 Å². The number of non-ortho nitro benzene ring substituents is 1. The van der Waals surface area contributed by atoms with E-state index in [-0.39, 0.29) is 17.9 Å². The SMILES string of the molecule is O=[N+]([O-])c1ccc(OC2CC(c3ccccc3)Oc3ccccc32)cc1. The highest BCUT2D eigenvalue weighted by molar-refractivity contribution is 5.41. The summed E-state index contributed by atoms with van der Waals surface area (Å²) in [5.41, 5.74) is 2.13. The lowest BCUT2D eigenvalue weighted by Gasteiger charge is -2.32. The normalized spacial score (nSPS) is 18.5. The Morgan fingerprint density at radius 2 is 1.62 bits per heavy atom. The molecule has 0 saturated heterocycles. The Morgan fingerprint density at radius 3 is 2.35 bits per heavy atom. The zero-order valence-corrected chi connectivity index (χ0v) is 13.9. The summed E-state index contributed by atoms with van der Waals surface area (Å²) in [4.78, 5) is 10.4. The molecule has 1 aliphatic rings. The summed E-state index contributed by atoms with van der Waals surface area (Å²) < 4.78 is 12.3. The van der Waals surface area contributed by atoms with Crippen LogP contribution in [0.2, 0.25) is 0 Å². The van der Waals surface area contributed by atoms with E-state index in [2.05, 4.69) is 0 Å². The number of ether oxygens (including phenoxy) is 2. The maximum Gasteiger partial charge on any atom is 0.269 e. The van der Waals surface area contributed by atoms with Gasteiger partial charge in [-0.1, -0.05) is 48.5 Å². The minimum Gasteiger partial charge on any atom is -0.485 e. The van der Waals surface area contributed by atoms with Gasteiger partial charge in [0.1, 0.15) is 23.7 Å². The van der Waals surface area contributed by atoms with Crippen molar-refractivity contribution in [1.29, 1.82) is 0 Å². The summed E-state index contributed by atoms with van der Waals surface area (Å²) >= 11 is 0. The molecule has 0 aromatic heterocycles. The summed E-state index contributed by atoms with van der Waals surface area (Å²) in [6, 6.07) is 24.0. The fraction of sp³-hybridized carbons (Fsp3) is 0.143. The van der Waals surface area contributed by atoms with E-state index in [0.717, 1.165) is 16.9 Å². The predicted molar refractivity (Wildman–Crippen MR) is 97.3 cm³/mol. The molecule has 5 heteroatoms. The molecule has 3 aromatic rings. The topological polar surface area (TPSA) is 61.6 Å². The van der Waals surface area contributed by atoms with Crippen molar-refractivity contribution in [2.75, 3.05) is 0 Å². The predicted octanol–water partition coefficient (Wildman–Crippen LogP) is 5.24. The van der Waals surface area contributed by atoms with Crippen molar-refractivity contribution in [1.82, 2.24) is 0 Å². The number of nitro groups is 1. The Kier molecular flexibility index (Phi) is 4.27. The van der Waals surface area contributed by atoms with Crippen LogP contribution in [0.4, 0.5) is 5.69 Å². The van der Waals surface area contributed by atoms with Crippen LogP contribution in [-0.2, 0) is 0 Å². The fourth-order valence-electron chi connectivity index (χ4n) is 3.17. The molecule has 1 aliphatic heterocycles. The summed E-state index contributed by atoms with van der Waals surface area (Å²) in [5.74, 6) is 1.41. The second-order valence-electron chi connectivity index (χ2n) is 6.15. The molecule has 130 valence electrons. The monoisotopic (exact) mass is 347 g/mol. The first kappa shape index (κ1) is 16.1. The molecule has 0 radical (unpaired) electrons. The smallest absolute Gasteiger partial charge is 0.269 e. The zero-order chi connectivity index (χ0) is 17.9. The second kappa shape index (κ2) is 6.88. The molecule has 4 rings (SSSR count). The van der Waals surface area contributed by atoms with Crippen LogP contribution in [0.5, 0.6) is 11.5 Å². The van der Waals surface area contributed by atoms with Gasteiger partial charge >= 0.3 is 0 Å². The first-order chi connectivity index (χ1) is 12.7. The summed E-state index contributed by atoms with van der Waals surface area (Å²) in [6.45, 7) is 0. The number of fused-ring (bicyclic) bond motifs is 1. The molecule has 0 amide bonds. The van der Waals surface area contributed by atoms with Crippen molar-refractivity contribution in [2.24, 2.45) is 0 Å². The average Bonchev–Trinajstić information content (AvgIpc) is 2.69. The van der Waals surface area contributed by atoms with Crippen LogP contribution in [-0.4, -0.2) is 4.92 Å². The van der Waals surface area contributed by atoms with Crippen molar-refractivity contribution < 1.29 is 14.4 Å². The molecule has 0 N–H and O–H groups in total. The minimum atomic E-state index is -0.418. The van der Waals surface area contributed by atoms with Crippen molar-refractivity contribution in [3.63, 3.8) is 0 Å². The molecule has 3 aromatic carbocycles. The van der Waals surface area contributed by atoms with Crippen molar-refractivity contribution in [2.45, 2.75) is 18.6 Å². The fourth-order valence-corrected chi connectivity index (χ4v) is 3.17. The van der Waals surface area contributed by atoms with E-state index in [9.17, 15) is 10.1 Å². The molecule has 26 heavy (non-hydrogen) atoms. The molecule has 2 atom stereocenters.